The molecule has 0 aromatic carbocycles. The lowest BCUT2D eigenvalue weighted by atomic mass is 10.00. The van der Waals surface area contributed by atoms with Gasteiger partial charge in [0, 0.05) is 0 Å². The number of amides is 3. The predicted molar refractivity (Wildman–Crippen MR) is 97.2 cm³/mol. The summed E-state index contributed by atoms with van der Waals surface area (Å²) < 4.78 is 0. The number of hydrogen-bond acceptors (Lipinski definition) is 5. The molecule has 0 spiro atoms. The minimum absolute atomic E-state index is 0.104. The maximum Gasteiger partial charge on any atom is 0.328 e. The Balaban J connectivity index is 5.12. The minimum atomic E-state index is -1.45. The summed E-state index contributed by atoms with van der Waals surface area (Å²) in [5, 5.41) is 16.6. The second kappa shape index (κ2) is 11.0. The van der Waals surface area contributed by atoms with Crippen molar-refractivity contribution in [2.75, 3.05) is 12.0 Å². The maximum absolute atomic E-state index is 12.4. The van der Waals surface area contributed by atoms with Gasteiger partial charge in [-0.15, -0.1) is 0 Å². The van der Waals surface area contributed by atoms with Crippen molar-refractivity contribution in [1.29, 1.82) is 0 Å². The molecule has 25 heavy (non-hydrogen) atoms. The lowest BCUT2D eigenvalue weighted by molar-refractivity contribution is -0.146. The molecule has 0 aliphatic heterocycles. The summed E-state index contributed by atoms with van der Waals surface area (Å²) in [5.74, 6) is -1.42. The van der Waals surface area contributed by atoms with Gasteiger partial charge in [0.25, 0.3) is 0 Å². The van der Waals surface area contributed by atoms with E-state index in [4.69, 9.17) is 5.11 Å². The Morgan fingerprint density at radius 3 is 2.20 bits per heavy atom. The summed E-state index contributed by atoms with van der Waals surface area (Å²) in [6.07, 6.45) is 3.13. The van der Waals surface area contributed by atoms with Gasteiger partial charge in [0.2, 0.25) is 18.2 Å². The number of hydrogen-bond donors (Lipinski definition) is 4. The number of aliphatic carboxylic acids is 1. The van der Waals surface area contributed by atoms with Crippen molar-refractivity contribution in [3.63, 3.8) is 0 Å². The van der Waals surface area contributed by atoms with Crippen LogP contribution >= 0.6 is 11.8 Å². The Morgan fingerprint density at radius 2 is 1.76 bits per heavy atom. The molecule has 0 saturated heterocycles. The fraction of sp³-hybridized carbons (Fsp3) is 0.750. The van der Waals surface area contributed by atoms with E-state index in [0.29, 0.717) is 25.0 Å². The standard InChI is InChI=1S/C16H29N3O5S/c1-10(2)8-12(14(22)19-16(3,4)15(23)24)18-13(21)11(17-9-20)6-7-25-5/h9-12H,6-8H2,1-5H3,(H,17,20)(H,18,21)(H,19,22)(H,23,24)/t11-,12-/m0/s1. The molecule has 0 aromatic rings. The molecule has 0 aliphatic rings. The summed E-state index contributed by atoms with van der Waals surface area (Å²) in [6.45, 7) is 6.53. The Kier molecular flexibility index (Phi) is 10.2. The minimum Gasteiger partial charge on any atom is -0.480 e. The van der Waals surface area contributed by atoms with Crippen molar-refractivity contribution in [2.45, 2.75) is 58.2 Å². The van der Waals surface area contributed by atoms with Crippen LogP contribution in [-0.2, 0) is 19.2 Å². The third-order valence-corrected chi connectivity index (χ3v) is 4.15. The highest BCUT2D eigenvalue weighted by Gasteiger charge is 2.33. The molecule has 144 valence electrons. The van der Waals surface area contributed by atoms with Crippen molar-refractivity contribution in [2.24, 2.45) is 5.92 Å². The van der Waals surface area contributed by atoms with Crippen LogP contribution in [0.1, 0.15) is 40.5 Å². The molecule has 0 saturated carbocycles. The molecule has 0 aromatic heterocycles. The monoisotopic (exact) mass is 375 g/mol. The van der Waals surface area contributed by atoms with Crippen molar-refractivity contribution in [3.8, 4) is 0 Å². The van der Waals surface area contributed by atoms with Crippen LogP contribution in [0.2, 0.25) is 0 Å². The number of carbonyl (C=O) groups excluding carboxylic acids is 3. The molecule has 0 heterocycles. The average molecular weight is 375 g/mol. The molecule has 0 rings (SSSR count). The molecule has 3 amide bonds. The van der Waals surface area contributed by atoms with Gasteiger partial charge < -0.3 is 21.1 Å². The number of carboxylic acids is 1. The summed E-state index contributed by atoms with van der Waals surface area (Å²) in [7, 11) is 0. The van der Waals surface area contributed by atoms with Gasteiger partial charge in [-0.2, -0.15) is 11.8 Å². The lowest BCUT2D eigenvalue weighted by Gasteiger charge is -2.27. The summed E-state index contributed by atoms with van der Waals surface area (Å²) >= 11 is 1.54. The Bertz CT molecular complexity index is 482. The molecule has 0 aliphatic carbocycles. The van der Waals surface area contributed by atoms with Crippen LogP contribution in [-0.4, -0.2) is 58.9 Å². The van der Waals surface area contributed by atoms with E-state index >= 15 is 0 Å². The zero-order chi connectivity index (χ0) is 19.6. The molecule has 0 unspecified atom stereocenters. The summed E-state index contributed by atoms with van der Waals surface area (Å²) in [4.78, 5) is 46.7. The van der Waals surface area contributed by atoms with Gasteiger partial charge in [0.05, 0.1) is 0 Å². The van der Waals surface area contributed by atoms with Crippen molar-refractivity contribution < 1.29 is 24.3 Å². The quantitative estimate of drug-likeness (QED) is 0.365. The largest absolute Gasteiger partial charge is 0.480 e. The average Bonchev–Trinajstić information content (AvgIpc) is 2.49. The van der Waals surface area contributed by atoms with E-state index in [0.717, 1.165) is 0 Å². The first-order valence-corrected chi connectivity index (χ1v) is 9.49. The van der Waals surface area contributed by atoms with E-state index in [1.165, 1.54) is 25.6 Å². The highest BCUT2D eigenvalue weighted by molar-refractivity contribution is 7.98. The first-order chi connectivity index (χ1) is 11.5. The number of carbonyl (C=O) groups is 4. The molecular weight excluding hydrogens is 346 g/mol. The fourth-order valence-electron chi connectivity index (χ4n) is 2.03. The van der Waals surface area contributed by atoms with Crippen LogP contribution in [0.15, 0.2) is 0 Å². The number of nitrogens with one attached hydrogen (secondary N) is 3. The number of rotatable bonds is 12. The third kappa shape index (κ3) is 8.76. The van der Waals surface area contributed by atoms with Gasteiger partial charge in [-0.3, -0.25) is 14.4 Å². The Morgan fingerprint density at radius 1 is 1.16 bits per heavy atom. The molecule has 8 nitrogen and oxygen atoms in total. The third-order valence-electron chi connectivity index (χ3n) is 3.51. The van der Waals surface area contributed by atoms with E-state index in [1.54, 1.807) is 0 Å². The van der Waals surface area contributed by atoms with Gasteiger partial charge in [-0.25, -0.2) is 4.79 Å². The first-order valence-electron chi connectivity index (χ1n) is 8.09. The van der Waals surface area contributed by atoms with Gasteiger partial charge in [-0.1, -0.05) is 13.8 Å². The van der Waals surface area contributed by atoms with Gasteiger partial charge in [0.1, 0.15) is 17.6 Å². The lowest BCUT2D eigenvalue weighted by Crippen LogP contribution is -2.58. The summed E-state index contributed by atoms with van der Waals surface area (Å²) in [6, 6.07) is -1.61. The second-order valence-corrected chi connectivity index (χ2v) is 7.71. The molecule has 0 fully saturated rings. The fourth-order valence-corrected chi connectivity index (χ4v) is 2.50. The topological polar surface area (TPSA) is 125 Å². The van der Waals surface area contributed by atoms with Gasteiger partial charge in [-0.05, 0) is 44.6 Å². The van der Waals surface area contributed by atoms with E-state index < -0.39 is 35.4 Å². The predicted octanol–water partition coefficient (Wildman–Crippen LogP) is 0.364. The first kappa shape index (κ1) is 23.2. The molecule has 9 heteroatoms. The van der Waals surface area contributed by atoms with Crippen LogP contribution in [0.3, 0.4) is 0 Å². The molecular formula is C16H29N3O5S. The van der Waals surface area contributed by atoms with E-state index in [1.807, 2.05) is 20.1 Å². The van der Waals surface area contributed by atoms with Crippen LogP contribution in [0.5, 0.6) is 0 Å². The van der Waals surface area contributed by atoms with Crippen LogP contribution < -0.4 is 16.0 Å². The number of thioether (sulfide) groups is 1. The van der Waals surface area contributed by atoms with Crippen molar-refractivity contribution >= 4 is 36.0 Å². The maximum atomic E-state index is 12.4. The zero-order valence-corrected chi connectivity index (χ0v) is 16.2. The van der Waals surface area contributed by atoms with E-state index in [9.17, 15) is 19.2 Å². The molecule has 4 N–H and O–H groups in total. The van der Waals surface area contributed by atoms with Crippen molar-refractivity contribution in [3.05, 3.63) is 0 Å². The number of carboxylic acid groups (broad SMARTS) is 1. The smallest absolute Gasteiger partial charge is 0.328 e. The molecule has 0 bridgehead atoms. The van der Waals surface area contributed by atoms with Crippen LogP contribution in [0.4, 0.5) is 0 Å². The molecule has 0 radical (unpaired) electrons. The van der Waals surface area contributed by atoms with E-state index in [2.05, 4.69) is 16.0 Å². The Hall–Kier alpha value is -1.77. The zero-order valence-electron chi connectivity index (χ0n) is 15.4. The normalized spacial score (nSPS) is 13.7. The molecule has 2 atom stereocenters. The second-order valence-electron chi connectivity index (χ2n) is 6.73. The van der Waals surface area contributed by atoms with Crippen LogP contribution in [0.25, 0.3) is 0 Å². The van der Waals surface area contributed by atoms with Crippen molar-refractivity contribution in [1.82, 2.24) is 16.0 Å². The Labute approximate surface area is 152 Å². The summed E-state index contributed by atoms with van der Waals surface area (Å²) in [5.41, 5.74) is -1.45. The van der Waals surface area contributed by atoms with Gasteiger partial charge in [0.15, 0.2) is 0 Å². The van der Waals surface area contributed by atoms with Gasteiger partial charge >= 0.3 is 5.97 Å². The highest BCUT2D eigenvalue weighted by atomic mass is 32.2. The van der Waals surface area contributed by atoms with E-state index in [-0.39, 0.29) is 5.92 Å². The highest BCUT2D eigenvalue weighted by Crippen LogP contribution is 2.09. The van der Waals surface area contributed by atoms with Crippen LogP contribution in [0, 0.1) is 5.92 Å². The SMILES string of the molecule is CSCC[C@H](NC=O)C(=O)N[C@@H](CC(C)C)C(=O)NC(C)(C)C(=O)O.